The number of fused-ring (bicyclic) bond motifs is 4. The van der Waals surface area contributed by atoms with E-state index in [9.17, 15) is 0 Å². The number of para-hydroxylation sites is 1. The average molecular weight is 351 g/mol. The average Bonchev–Trinajstić information content (AvgIpc) is 3.04. The highest BCUT2D eigenvalue weighted by molar-refractivity contribution is 6.30. The predicted octanol–water partition coefficient (Wildman–Crippen LogP) is 5.35. The summed E-state index contributed by atoms with van der Waals surface area (Å²) < 4.78 is 6.75. The van der Waals surface area contributed by atoms with Crippen LogP contribution in [0, 0.1) is 0 Å². The molecule has 3 heterocycles. The van der Waals surface area contributed by atoms with Crippen LogP contribution in [0.15, 0.2) is 48.5 Å². The third-order valence-corrected chi connectivity index (χ3v) is 6.04. The van der Waals surface area contributed by atoms with E-state index in [1.165, 1.54) is 5.56 Å². The van der Waals surface area contributed by atoms with Gasteiger partial charge in [0.2, 0.25) is 5.72 Å². The molecule has 2 aliphatic heterocycles. The largest absolute Gasteiger partial charge is 0.461 e. The molecule has 0 saturated heterocycles. The summed E-state index contributed by atoms with van der Waals surface area (Å²) in [5.74, 6) is 0.914. The van der Waals surface area contributed by atoms with E-state index in [2.05, 4.69) is 67.2 Å². The molecular formula is C21H19ClN2O. The summed E-state index contributed by atoms with van der Waals surface area (Å²) >= 11 is 6.29. The first-order valence-corrected chi connectivity index (χ1v) is 8.85. The normalized spacial score (nSPS) is 23.0. The van der Waals surface area contributed by atoms with Gasteiger partial charge in [0.05, 0.1) is 11.1 Å². The van der Waals surface area contributed by atoms with Crippen LogP contribution in [0.25, 0.3) is 17.0 Å². The molecule has 25 heavy (non-hydrogen) atoms. The maximum Gasteiger partial charge on any atom is 0.212 e. The fourth-order valence-corrected chi connectivity index (χ4v) is 4.53. The molecule has 0 aliphatic carbocycles. The highest BCUT2D eigenvalue weighted by Gasteiger charge is 2.58. The Morgan fingerprint density at radius 3 is 2.76 bits per heavy atom. The Hall–Kier alpha value is -2.39. The van der Waals surface area contributed by atoms with Gasteiger partial charge in [0.25, 0.3) is 0 Å². The van der Waals surface area contributed by atoms with Crippen LogP contribution in [-0.2, 0) is 5.41 Å². The van der Waals surface area contributed by atoms with Crippen molar-refractivity contribution >= 4 is 34.3 Å². The molecule has 2 aromatic carbocycles. The summed E-state index contributed by atoms with van der Waals surface area (Å²) in [6, 6.07) is 14.3. The lowest BCUT2D eigenvalue weighted by Crippen LogP contribution is -2.58. The topological polar surface area (TPSA) is 28.3 Å². The Morgan fingerprint density at radius 2 is 1.92 bits per heavy atom. The van der Waals surface area contributed by atoms with Crippen LogP contribution in [0.3, 0.4) is 0 Å². The Kier molecular flexibility index (Phi) is 2.75. The van der Waals surface area contributed by atoms with E-state index in [0.717, 1.165) is 33.1 Å². The lowest BCUT2D eigenvalue weighted by Gasteiger charge is -2.45. The molecule has 3 nitrogen and oxygen atoms in total. The number of nitrogens with one attached hydrogen (secondary N) is 1. The Balaban J connectivity index is 1.73. The van der Waals surface area contributed by atoms with E-state index in [4.69, 9.17) is 16.3 Å². The summed E-state index contributed by atoms with van der Waals surface area (Å²) in [5, 5.41) is 1.87. The van der Waals surface area contributed by atoms with Gasteiger partial charge in [0.15, 0.2) is 5.75 Å². The number of aromatic nitrogens is 1. The number of H-pyrrole nitrogens is 1. The van der Waals surface area contributed by atoms with Crippen molar-refractivity contribution < 1.29 is 4.74 Å². The fourth-order valence-electron chi connectivity index (χ4n) is 4.36. The molecule has 0 radical (unpaired) electrons. The van der Waals surface area contributed by atoms with Gasteiger partial charge in [0, 0.05) is 28.7 Å². The second-order valence-corrected chi connectivity index (χ2v) is 7.83. The zero-order valence-corrected chi connectivity index (χ0v) is 15.2. The number of aromatic amines is 1. The molecule has 1 unspecified atom stereocenters. The quantitative estimate of drug-likeness (QED) is 0.592. The van der Waals surface area contributed by atoms with Crippen LogP contribution in [0.5, 0.6) is 5.75 Å². The monoisotopic (exact) mass is 350 g/mol. The first-order chi connectivity index (χ1) is 11.9. The van der Waals surface area contributed by atoms with Crippen LogP contribution in [0.2, 0.25) is 5.02 Å². The lowest BCUT2D eigenvalue weighted by molar-refractivity contribution is 0.0598. The molecule has 2 aliphatic rings. The van der Waals surface area contributed by atoms with Crippen molar-refractivity contribution in [3.63, 3.8) is 0 Å². The SMILES string of the molecule is CN1c2ccc(Cl)cc2C(C)(C)C12C=Cc1[nH]c3ccccc3c1O2. The number of likely N-dealkylation sites (N-methyl/N-ethyl adjacent to an activating group) is 1. The van der Waals surface area contributed by atoms with E-state index in [1.54, 1.807) is 0 Å². The maximum atomic E-state index is 6.75. The molecule has 4 heteroatoms. The van der Waals surface area contributed by atoms with Gasteiger partial charge in [-0.25, -0.2) is 0 Å². The zero-order valence-electron chi connectivity index (χ0n) is 14.4. The molecule has 5 rings (SSSR count). The summed E-state index contributed by atoms with van der Waals surface area (Å²) in [7, 11) is 2.09. The summed E-state index contributed by atoms with van der Waals surface area (Å²) in [5.41, 5.74) is 3.63. The predicted molar refractivity (Wildman–Crippen MR) is 104 cm³/mol. The van der Waals surface area contributed by atoms with Gasteiger partial charge < -0.3 is 14.6 Å². The van der Waals surface area contributed by atoms with E-state index >= 15 is 0 Å². The smallest absolute Gasteiger partial charge is 0.212 e. The van der Waals surface area contributed by atoms with Crippen molar-refractivity contribution in [2.24, 2.45) is 0 Å². The van der Waals surface area contributed by atoms with E-state index in [1.807, 2.05) is 18.2 Å². The molecule has 0 amide bonds. The third kappa shape index (κ3) is 1.72. The highest BCUT2D eigenvalue weighted by atomic mass is 35.5. The maximum absolute atomic E-state index is 6.75. The number of ether oxygens (including phenoxy) is 1. The number of rotatable bonds is 0. The van der Waals surface area contributed by atoms with Crippen LogP contribution in [-0.4, -0.2) is 17.8 Å². The van der Waals surface area contributed by atoms with E-state index in [0.29, 0.717) is 0 Å². The fraction of sp³-hybridized carbons (Fsp3) is 0.238. The summed E-state index contributed by atoms with van der Waals surface area (Å²) in [6.07, 6.45) is 4.31. The summed E-state index contributed by atoms with van der Waals surface area (Å²) in [6.45, 7) is 4.44. The van der Waals surface area contributed by atoms with Crippen molar-refractivity contribution in [3.05, 3.63) is 64.8 Å². The molecule has 3 aromatic rings. The number of hydrogen-bond acceptors (Lipinski definition) is 2. The highest BCUT2D eigenvalue weighted by Crippen LogP contribution is 2.55. The van der Waals surface area contributed by atoms with E-state index in [-0.39, 0.29) is 5.41 Å². The second kappa shape index (κ2) is 4.61. The van der Waals surface area contributed by atoms with E-state index < -0.39 is 5.72 Å². The van der Waals surface area contributed by atoms with Crippen LogP contribution >= 0.6 is 11.6 Å². The Labute approximate surface area is 151 Å². The van der Waals surface area contributed by atoms with Gasteiger partial charge in [-0.1, -0.05) is 23.7 Å². The Bertz CT molecular complexity index is 1050. The van der Waals surface area contributed by atoms with Crippen LogP contribution in [0.4, 0.5) is 5.69 Å². The van der Waals surface area contributed by atoms with Crippen molar-refractivity contribution in [2.45, 2.75) is 25.0 Å². The molecule has 1 aromatic heterocycles. The number of nitrogens with zero attached hydrogens (tertiary/aromatic N) is 1. The number of hydrogen-bond donors (Lipinski definition) is 1. The first kappa shape index (κ1) is 14.9. The lowest BCUT2D eigenvalue weighted by atomic mass is 9.76. The van der Waals surface area contributed by atoms with Gasteiger partial charge in [-0.2, -0.15) is 0 Å². The molecule has 1 spiro atoms. The van der Waals surface area contributed by atoms with Crippen molar-refractivity contribution in [1.29, 1.82) is 0 Å². The number of halogens is 1. The van der Waals surface area contributed by atoms with Crippen molar-refractivity contribution in [2.75, 3.05) is 11.9 Å². The minimum atomic E-state index is -0.585. The molecule has 126 valence electrons. The van der Waals surface area contributed by atoms with Crippen molar-refractivity contribution in [3.8, 4) is 5.75 Å². The van der Waals surface area contributed by atoms with Gasteiger partial charge in [-0.15, -0.1) is 0 Å². The van der Waals surface area contributed by atoms with Gasteiger partial charge in [0.1, 0.15) is 0 Å². The minimum absolute atomic E-state index is 0.255. The van der Waals surface area contributed by atoms with Crippen LogP contribution < -0.4 is 9.64 Å². The van der Waals surface area contributed by atoms with Crippen molar-refractivity contribution in [1.82, 2.24) is 4.98 Å². The molecule has 1 N–H and O–H groups in total. The molecule has 0 bridgehead atoms. The minimum Gasteiger partial charge on any atom is -0.461 e. The molecule has 0 fully saturated rings. The van der Waals surface area contributed by atoms with Gasteiger partial charge in [-0.05, 0) is 61.9 Å². The summed E-state index contributed by atoms with van der Waals surface area (Å²) in [4.78, 5) is 5.67. The van der Waals surface area contributed by atoms with Gasteiger partial charge >= 0.3 is 0 Å². The first-order valence-electron chi connectivity index (χ1n) is 8.47. The number of anilines is 1. The van der Waals surface area contributed by atoms with Crippen LogP contribution in [0.1, 0.15) is 25.1 Å². The number of benzene rings is 2. The Morgan fingerprint density at radius 1 is 1.12 bits per heavy atom. The molecule has 0 saturated carbocycles. The standard InChI is InChI=1S/C21H19ClN2O/c1-20(2)15-12-13(22)8-9-18(15)24(3)21(20)11-10-17-19(25-21)14-6-4-5-7-16(14)23-17/h4-12,23H,1-3H3. The zero-order chi connectivity index (χ0) is 17.4. The third-order valence-electron chi connectivity index (χ3n) is 5.81. The second-order valence-electron chi connectivity index (χ2n) is 7.39. The molecule has 1 atom stereocenters. The molecular weight excluding hydrogens is 332 g/mol. The van der Waals surface area contributed by atoms with Gasteiger partial charge in [-0.3, -0.25) is 0 Å².